The van der Waals surface area contributed by atoms with Crippen LogP contribution in [0.15, 0.2) is 0 Å². The van der Waals surface area contributed by atoms with E-state index in [-0.39, 0.29) is 29.6 Å². The summed E-state index contributed by atoms with van der Waals surface area (Å²) < 4.78 is 109. The van der Waals surface area contributed by atoms with Crippen molar-refractivity contribution in [3.63, 3.8) is 0 Å². The summed E-state index contributed by atoms with van der Waals surface area (Å²) in [6.07, 6.45) is -19.9. The molecular weight excluding hydrogens is 744 g/mol. The summed E-state index contributed by atoms with van der Waals surface area (Å²) in [5.74, 6) is 0. The average Bonchev–Trinajstić information content (AvgIpc) is 2.57. The Hall–Kier alpha value is 1.81. The maximum absolute atomic E-state index is 12.2. The standard InChI is InChI=1S/C6H19O27P7.Na/c7-34(8,9)27-1-2(28-35(10,11)12)4(30-37(16,17)18)6(32-40(25,26)33-39(22,23)24)5(31-38(19,20)21)3(1)29-36(13,14)15;/h1-6H,(H,25,26)(H2,7,8,9)(H2,10,11,12)(H2,13,14,15)(H2,16,17,18)(H2,19,20,21)(H2,22,23,24);/t1?,2-,3+,4+,5-,6?;. The monoisotopic (exact) mass is 763 g/mol. The first-order valence-electron chi connectivity index (χ1n) is 8.75. The SMILES string of the molecule is O=P(O)(O)OC1[C@@H](OP(=O)(O)O)[C@H](OP(=O)(O)O)C(OP(=O)(O)OP(=O)(O)O)[C@H](OP(=O)(O)O)[C@H]1OP(=O)(O)O.[Na]. The molecule has 3 unspecified atom stereocenters. The molecule has 0 heterocycles. The van der Waals surface area contributed by atoms with Crippen LogP contribution in [-0.4, -0.2) is 130 Å². The zero-order chi connectivity index (χ0) is 31.9. The second kappa shape index (κ2) is 14.7. The van der Waals surface area contributed by atoms with Gasteiger partial charge in [0, 0.05) is 29.6 Å². The molecule has 1 rings (SSSR count). The van der Waals surface area contributed by atoms with Crippen molar-refractivity contribution in [1.29, 1.82) is 0 Å². The molecule has 0 saturated heterocycles. The van der Waals surface area contributed by atoms with Gasteiger partial charge in [0.1, 0.15) is 36.6 Å². The number of phosphoric acid groups is 7. The van der Waals surface area contributed by atoms with Crippen LogP contribution in [0.4, 0.5) is 0 Å². The molecule has 0 spiro atoms. The van der Waals surface area contributed by atoms with E-state index < -0.39 is 91.4 Å². The predicted octanol–water partition coefficient (Wildman–Crippen LogP) is -3.40. The van der Waals surface area contributed by atoms with E-state index in [0.29, 0.717) is 0 Å². The summed E-state index contributed by atoms with van der Waals surface area (Å²) in [6, 6.07) is 0. The Labute approximate surface area is 247 Å². The Morgan fingerprint density at radius 2 is 0.488 bits per heavy atom. The van der Waals surface area contributed by atoms with Gasteiger partial charge >= 0.3 is 54.8 Å². The number of hydrogen-bond donors (Lipinski definition) is 13. The molecule has 1 saturated carbocycles. The van der Waals surface area contributed by atoms with E-state index in [9.17, 15) is 85.8 Å². The zero-order valence-corrected chi connectivity index (χ0v) is 27.4. The van der Waals surface area contributed by atoms with Crippen molar-refractivity contribution < 1.29 is 127 Å². The van der Waals surface area contributed by atoms with Gasteiger partial charge in [0.25, 0.3) is 0 Å². The van der Waals surface area contributed by atoms with Gasteiger partial charge in [-0.1, -0.05) is 0 Å². The molecule has 1 radical (unpaired) electrons. The normalized spacial score (nSPS) is 28.5. The Morgan fingerprint density at radius 1 is 0.317 bits per heavy atom. The van der Waals surface area contributed by atoms with Crippen molar-refractivity contribution in [2.24, 2.45) is 0 Å². The molecule has 1 aliphatic carbocycles. The molecular formula is C6H19NaO27P7. The third-order valence-electron chi connectivity index (χ3n) is 3.70. The van der Waals surface area contributed by atoms with Crippen molar-refractivity contribution in [2.45, 2.75) is 36.6 Å². The molecule has 241 valence electrons. The molecule has 41 heavy (non-hydrogen) atoms. The van der Waals surface area contributed by atoms with E-state index >= 15 is 0 Å². The first-order chi connectivity index (χ1) is 17.3. The zero-order valence-electron chi connectivity index (χ0n) is 19.1. The first-order valence-corrected chi connectivity index (χ1v) is 19.4. The van der Waals surface area contributed by atoms with Crippen LogP contribution in [0.3, 0.4) is 0 Å². The number of rotatable bonds is 14. The van der Waals surface area contributed by atoms with Crippen LogP contribution < -0.4 is 0 Å². The van der Waals surface area contributed by atoms with Gasteiger partial charge in [-0.25, -0.2) is 32.0 Å². The smallest absolute Gasteiger partial charge is 0.303 e. The van der Waals surface area contributed by atoms with E-state index in [4.69, 9.17) is 9.79 Å². The van der Waals surface area contributed by atoms with E-state index in [2.05, 4.69) is 31.5 Å². The third-order valence-corrected chi connectivity index (χ3v) is 8.48. The minimum atomic E-state index is -6.43. The van der Waals surface area contributed by atoms with Crippen molar-refractivity contribution in [3.8, 4) is 0 Å². The molecule has 0 aromatic heterocycles. The van der Waals surface area contributed by atoms with Gasteiger partial charge in [0.2, 0.25) is 0 Å². The predicted molar refractivity (Wildman–Crippen MR) is 118 cm³/mol. The van der Waals surface area contributed by atoms with Gasteiger partial charge in [0.05, 0.1) is 0 Å². The Kier molecular flexibility index (Phi) is 15.4. The average molecular weight is 763 g/mol. The van der Waals surface area contributed by atoms with Gasteiger partial charge in [-0.2, -0.15) is 4.31 Å². The van der Waals surface area contributed by atoms with Gasteiger partial charge < -0.3 is 63.6 Å². The first kappa shape index (κ1) is 42.8. The fourth-order valence-electron chi connectivity index (χ4n) is 2.94. The fourth-order valence-corrected chi connectivity index (χ4v) is 7.50. The van der Waals surface area contributed by atoms with Crippen LogP contribution >= 0.6 is 54.8 Å². The van der Waals surface area contributed by atoms with Crippen LogP contribution in [0.1, 0.15) is 0 Å². The minimum absolute atomic E-state index is 0. The summed E-state index contributed by atoms with van der Waals surface area (Å²) >= 11 is 0. The van der Waals surface area contributed by atoms with E-state index in [1.807, 2.05) is 0 Å². The maximum atomic E-state index is 12.2. The molecule has 1 fully saturated rings. The second-order valence-corrected chi connectivity index (χ2v) is 15.7. The number of hydrogen-bond acceptors (Lipinski definition) is 14. The van der Waals surface area contributed by atoms with Gasteiger partial charge in [0.15, 0.2) is 0 Å². The van der Waals surface area contributed by atoms with Crippen LogP contribution in [-0.2, 0) is 63.4 Å². The maximum Gasteiger partial charge on any atom is 0.481 e. The van der Waals surface area contributed by atoms with E-state index in [1.54, 1.807) is 0 Å². The van der Waals surface area contributed by atoms with E-state index in [0.717, 1.165) is 0 Å². The van der Waals surface area contributed by atoms with Crippen LogP contribution in [0.5, 0.6) is 0 Å². The van der Waals surface area contributed by atoms with Gasteiger partial charge in [-0.3, -0.25) is 27.1 Å². The number of phosphoric ester groups is 6. The van der Waals surface area contributed by atoms with Crippen LogP contribution in [0, 0.1) is 0 Å². The topological polar surface area (TPSA) is 447 Å². The van der Waals surface area contributed by atoms with Gasteiger partial charge in [-0.15, -0.1) is 0 Å². The van der Waals surface area contributed by atoms with Crippen molar-refractivity contribution >= 4 is 84.3 Å². The second-order valence-electron chi connectivity index (χ2n) is 6.91. The Morgan fingerprint density at radius 3 is 0.634 bits per heavy atom. The Bertz CT molecular complexity index is 1170. The van der Waals surface area contributed by atoms with Crippen LogP contribution in [0.2, 0.25) is 0 Å². The molecule has 0 aromatic carbocycles. The quantitative estimate of drug-likeness (QED) is 0.0606. The molecule has 7 atom stereocenters. The molecule has 1 aliphatic rings. The van der Waals surface area contributed by atoms with Crippen LogP contribution in [0.25, 0.3) is 0 Å². The molecule has 0 aliphatic heterocycles. The largest absolute Gasteiger partial charge is 0.481 e. The molecule has 35 heteroatoms. The molecule has 0 bridgehead atoms. The summed E-state index contributed by atoms with van der Waals surface area (Å²) in [5.41, 5.74) is 0. The third kappa shape index (κ3) is 17.3. The molecule has 0 aromatic rings. The fraction of sp³-hybridized carbons (Fsp3) is 1.00. The molecule has 27 nitrogen and oxygen atoms in total. The Balaban J connectivity index is 0.0000160. The summed E-state index contributed by atoms with van der Waals surface area (Å²) in [6.45, 7) is 0. The van der Waals surface area contributed by atoms with Crippen molar-refractivity contribution in [3.05, 3.63) is 0 Å². The van der Waals surface area contributed by atoms with E-state index in [1.165, 1.54) is 0 Å². The van der Waals surface area contributed by atoms with Gasteiger partial charge in [-0.05, 0) is 0 Å². The summed E-state index contributed by atoms with van der Waals surface area (Å²) in [5, 5.41) is 0. The summed E-state index contributed by atoms with van der Waals surface area (Å²) in [7, 11) is -43.3. The van der Waals surface area contributed by atoms with Crippen molar-refractivity contribution in [1.82, 2.24) is 0 Å². The summed E-state index contributed by atoms with van der Waals surface area (Å²) in [4.78, 5) is 119. The molecule has 13 N–H and O–H groups in total. The minimum Gasteiger partial charge on any atom is -0.303 e. The van der Waals surface area contributed by atoms with Crippen molar-refractivity contribution in [2.75, 3.05) is 0 Å². The molecule has 0 amide bonds.